The summed E-state index contributed by atoms with van der Waals surface area (Å²) in [5.41, 5.74) is 3.33. The topological polar surface area (TPSA) is 76.9 Å². The third-order valence-corrected chi connectivity index (χ3v) is 6.08. The van der Waals surface area contributed by atoms with Gasteiger partial charge in [0.25, 0.3) is 5.56 Å². The number of rotatable bonds is 4. The van der Waals surface area contributed by atoms with Gasteiger partial charge in [-0.3, -0.25) is 14.2 Å². The number of carbonyl (C=O) groups is 1. The van der Waals surface area contributed by atoms with Gasteiger partial charge in [-0.15, -0.1) is 11.3 Å². The van der Waals surface area contributed by atoms with Gasteiger partial charge in [0.15, 0.2) is 0 Å². The van der Waals surface area contributed by atoms with Crippen LogP contribution in [-0.4, -0.2) is 20.4 Å². The van der Waals surface area contributed by atoms with Gasteiger partial charge in [0.2, 0.25) is 5.91 Å². The van der Waals surface area contributed by atoms with Crippen molar-refractivity contribution in [3.8, 4) is 0 Å². The van der Waals surface area contributed by atoms with Gasteiger partial charge < -0.3 is 5.32 Å². The Labute approximate surface area is 176 Å². The average Bonchev–Trinajstić information content (AvgIpc) is 3.03. The SMILES string of the molecule is Cc1cc(C)c2c(n1)sc1c(=O)n(CC(=O)NCc3ccc(Cl)cc3)c(C)nc12. The first-order valence-corrected chi connectivity index (χ1v) is 10.3. The minimum absolute atomic E-state index is 0.0825. The molecule has 4 rings (SSSR count). The number of aromatic nitrogens is 3. The molecule has 1 amide bonds. The predicted molar refractivity (Wildman–Crippen MR) is 117 cm³/mol. The highest BCUT2D eigenvalue weighted by atomic mass is 35.5. The van der Waals surface area contributed by atoms with Crippen molar-refractivity contribution in [2.24, 2.45) is 0 Å². The molecule has 29 heavy (non-hydrogen) atoms. The van der Waals surface area contributed by atoms with Crippen LogP contribution in [0.3, 0.4) is 0 Å². The number of amides is 1. The first-order chi connectivity index (χ1) is 13.8. The van der Waals surface area contributed by atoms with Crippen LogP contribution >= 0.6 is 22.9 Å². The second-order valence-corrected chi connectivity index (χ2v) is 8.43. The Balaban J connectivity index is 1.64. The van der Waals surface area contributed by atoms with Crippen LogP contribution in [0.2, 0.25) is 5.02 Å². The van der Waals surface area contributed by atoms with Crippen molar-refractivity contribution in [1.82, 2.24) is 19.9 Å². The van der Waals surface area contributed by atoms with Crippen LogP contribution < -0.4 is 10.9 Å². The highest BCUT2D eigenvalue weighted by Crippen LogP contribution is 2.32. The van der Waals surface area contributed by atoms with Gasteiger partial charge in [-0.25, -0.2) is 9.97 Å². The van der Waals surface area contributed by atoms with Crippen molar-refractivity contribution in [3.63, 3.8) is 0 Å². The molecule has 3 heterocycles. The van der Waals surface area contributed by atoms with Crippen molar-refractivity contribution in [2.45, 2.75) is 33.9 Å². The summed E-state index contributed by atoms with van der Waals surface area (Å²) < 4.78 is 1.94. The fourth-order valence-corrected chi connectivity index (χ4v) is 4.67. The monoisotopic (exact) mass is 426 g/mol. The van der Waals surface area contributed by atoms with Gasteiger partial charge in [0, 0.05) is 22.6 Å². The summed E-state index contributed by atoms with van der Waals surface area (Å²) >= 11 is 7.20. The van der Waals surface area contributed by atoms with Gasteiger partial charge in [0.05, 0.1) is 5.52 Å². The number of nitrogens with zero attached hydrogens (tertiary/aromatic N) is 3. The molecule has 1 aromatic carbocycles. The summed E-state index contributed by atoms with van der Waals surface area (Å²) in [5.74, 6) is 0.251. The Morgan fingerprint density at radius 3 is 2.62 bits per heavy atom. The lowest BCUT2D eigenvalue weighted by Crippen LogP contribution is -2.33. The Morgan fingerprint density at radius 2 is 1.90 bits per heavy atom. The standard InChI is InChI=1S/C21H19ClN4O2S/c1-11-8-12(2)24-20-17(11)18-19(29-20)21(28)26(13(3)25-18)10-16(27)23-9-14-4-6-15(22)7-5-14/h4-8H,9-10H2,1-3H3,(H,23,27). The van der Waals surface area contributed by atoms with Crippen molar-refractivity contribution < 1.29 is 4.79 Å². The fraction of sp³-hybridized carbons (Fsp3) is 0.238. The number of hydrogen-bond donors (Lipinski definition) is 1. The van der Waals surface area contributed by atoms with Crippen LogP contribution in [0.1, 0.15) is 22.6 Å². The summed E-state index contributed by atoms with van der Waals surface area (Å²) in [7, 11) is 0. The molecule has 0 atom stereocenters. The maximum absolute atomic E-state index is 13.1. The van der Waals surface area contributed by atoms with Gasteiger partial charge in [-0.05, 0) is 50.1 Å². The van der Waals surface area contributed by atoms with Gasteiger partial charge in [-0.1, -0.05) is 23.7 Å². The van der Waals surface area contributed by atoms with Crippen LogP contribution in [0.5, 0.6) is 0 Å². The van der Waals surface area contributed by atoms with E-state index < -0.39 is 0 Å². The number of thiophene rings is 1. The molecule has 148 valence electrons. The number of aryl methyl sites for hydroxylation is 3. The van der Waals surface area contributed by atoms with Crippen molar-refractivity contribution in [2.75, 3.05) is 0 Å². The van der Waals surface area contributed by atoms with E-state index in [1.165, 1.54) is 15.9 Å². The number of pyridine rings is 1. The molecule has 0 aliphatic carbocycles. The number of fused-ring (bicyclic) bond motifs is 3. The van der Waals surface area contributed by atoms with E-state index >= 15 is 0 Å². The first kappa shape index (κ1) is 19.5. The fourth-order valence-electron chi connectivity index (χ4n) is 3.35. The molecule has 0 fully saturated rings. The lowest BCUT2D eigenvalue weighted by Gasteiger charge is -2.10. The molecule has 6 nitrogen and oxygen atoms in total. The molecule has 0 unspecified atom stereocenters. The molecule has 0 saturated carbocycles. The quantitative estimate of drug-likeness (QED) is 0.537. The van der Waals surface area contributed by atoms with E-state index in [0.717, 1.165) is 27.0 Å². The maximum Gasteiger partial charge on any atom is 0.272 e. The van der Waals surface area contributed by atoms with Gasteiger partial charge >= 0.3 is 0 Å². The predicted octanol–water partition coefficient (Wildman–Crippen LogP) is 3.90. The molecular formula is C21H19ClN4O2S. The minimum Gasteiger partial charge on any atom is -0.350 e. The van der Waals surface area contributed by atoms with Crippen LogP contribution in [0.4, 0.5) is 0 Å². The van der Waals surface area contributed by atoms with E-state index in [2.05, 4.69) is 15.3 Å². The van der Waals surface area contributed by atoms with E-state index in [9.17, 15) is 9.59 Å². The number of hydrogen-bond acceptors (Lipinski definition) is 5. The highest BCUT2D eigenvalue weighted by molar-refractivity contribution is 7.25. The molecule has 1 N–H and O–H groups in total. The molecule has 0 aliphatic heterocycles. The Hall–Kier alpha value is -2.77. The van der Waals surface area contributed by atoms with Crippen LogP contribution in [0.25, 0.3) is 20.4 Å². The molecule has 0 spiro atoms. The molecule has 8 heteroatoms. The van der Waals surface area contributed by atoms with Gasteiger partial charge in [0.1, 0.15) is 21.9 Å². The van der Waals surface area contributed by atoms with E-state index in [4.69, 9.17) is 11.6 Å². The summed E-state index contributed by atoms with van der Waals surface area (Å²) in [5, 5.41) is 4.39. The lowest BCUT2D eigenvalue weighted by molar-refractivity contribution is -0.121. The molecule has 4 aromatic rings. The summed E-state index contributed by atoms with van der Waals surface area (Å²) in [6, 6.07) is 9.23. The maximum atomic E-state index is 13.1. The van der Waals surface area contributed by atoms with Crippen LogP contribution in [-0.2, 0) is 17.9 Å². The zero-order chi connectivity index (χ0) is 20.7. The third-order valence-electron chi connectivity index (χ3n) is 4.77. The second kappa shape index (κ2) is 7.57. The minimum atomic E-state index is -0.252. The zero-order valence-corrected chi connectivity index (χ0v) is 17.8. The Bertz CT molecular complexity index is 1310. The summed E-state index contributed by atoms with van der Waals surface area (Å²) in [6.07, 6.45) is 0. The number of carbonyl (C=O) groups excluding carboxylic acids is 1. The van der Waals surface area contributed by atoms with Gasteiger partial charge in [-0.2, -0.15) is 0 Å². The van der Waals surface area contributed by atoms with E-state index in [0.29, 0.717) is 27.6 Å². The molecule has 3 aromatic heterocycles. The van der Waals surface area contributed by atoms with E-state index in [1.54, 1.807) is 19.1 Å². The van der Waals surface area contributed by atoms with Crippen molar-refractivity contribution in [1.29, 1.82) is 0 Å². The highest BCUT2D eigenvalue weighted by Gasteiger charge is 2.18. The lowest BCUT2D eigenvalue weighted by atomic mass is 10.1. The largest absolute Gasteiger partial charge is 0.350 e. The average molecular weight is 427 g/mol. The second-order valence-electron chi connectivity index (χ2n) is 6.99. The molecule has 0 bridgehead atoms. The van der Waals surface area contributed by atoms with Crippen LogP contribution in [0.15, 0.2) is 35.1 Å². The first-order valence-electron chi connectivity index (χ1n) is 9.12. The number of nitrogens with one attached hydrogen (secondary N) is 1. The summed E-state index contributed by atoms with van der Waals surface area (Å²) in [4.78, 5) is 35.5. The zero-order valence-electron chi connectivity index (χ0n) is 16.2. The van der Waals surface area contributed by atoms with Crippen LogP contribution in [0, 0.1) is 20.8 Å². The molecule has 0 saturated heterocycles. The smallest absolute Gasteiger partial charge is 0.272 e. The normalized spacial score (nSPS) is 11.3. The molecule has 0 radical (unpaired) electrons. The van der Waals surface area contributed by atoms with E-state index in [1.807, 2.05) is 32.0 Å². The Kier molecular flexibility index (Phi) is 5.10. The Morgan fingerprint density at radius 1 is 1.17 bits per heavy atom. The molecule has 0 aliphatic rings. The summed E-state index contributed by atoms with van der Waals surface area (Å²) in [6.45, 7) is 5.95. The number of halogens is 1. The molecular weight excluding hydrogens is 408 g/mol. The third kappa shape index (κ3) is 3.75. The van der Waals surface area contributed by atoms with Crippen molar-refractivity contribution in [3.05, 3.63) is 68.4 Å². The van der Waals surface area contributed by atoms with Crippen molar-refractivity contribution >= 4 is 49.3 Å². The van der Waals surface area contributed by atoms with E-state index in [-0.39, 0.29) is 18.0 Å². The number of benzene rings is 1.